The second-order valence-electron chi connectivity index (χ2n) is 16.1. The molecule has 0 spiro atoms. The number of nitrogens with one attached hydrogen (secondary N) is 1. The molecule has 0 rings (SSSR count). The molecule has 0 amide bonds. The summed E-state index contributed by atoms with van der Waals surface area (Å²) in [6.07, 6.45) is 35.0. The minimum absolute atomic E-state index is 0. The fourth-order valence-corrected chi connectivity index (χ4v) is 5.61. The quantitative estimate of drug-likeness (QED) is 0.0280. The Hall–Kier alpha value is 0.454. The van der Waals surface area contributed by atoms with Gasteiger partial charge in [0, 0.05) is 78.8 Å². The monoisotopic (exact) mass is 866 g/mol. The molecule has 10 heteroatoms. The van der Waals surface area contributed by atoms with E-state index in [-0.39, 0.29) is 63.0 Å². The van der Waals surface area contributed by atoms with Crippen molar-refractivity contribution in [3.05, 3.63) is 5.73 Å². The Morgan fingerprint density at radius 1 is 0.582 bits per heavy atom. The van der Waals surface area contributed by atoms with Crippen LogP contribution in [0.3, 0.4) is 0 Å². The van der Waals surface area contributed by atoms with Crippen LogP contribution in [0.4, 0.5) is 0 Å². The van der Waals surface area contributed by atoms with Crippen LogP contribution in [0.2, 0.25) is 0 Å². The summed E-state index contributed by atoms with van der Waals surface area (Å²) < 4.78 is 28.1. The predicted molar refractivity (Wildman–Crippen MR) is 229 cm³/mol. The third-order valence-corrected chi connectivity index (χ3v) is 9.65. The summed E-state index contributed by atoms with van der Waals surface area (Å²) in [7, 11) is 3.46. The van der Waals surface area contributed by atoms with Crippen LogP contribution >= 0.6 is 0 Å². The van der Waals surface area contributed by atoms with E-state index in [0.717, 1.165) is 26.1 Å². The first-order valence-electron chi connectivity index (χ1n) is 22.3. The molecule has 0 bridgehead atoms. The maximum absolute atomic E-state index is 9.37. The van der Waals surface area contributed by atoms with Gasteiger partial charge in [-0.25, -0.2) is 4.89 Å². The molecule has 1 unspecified atom stereocenters. The Morgan fingerprint density at radius 2 is 1.00 bits per heavy atom. The second kappa shape index (κ2) is 50.6. The topological polar surface area (TPSA) is 116 Å². The molecular formula is C45H94NO8Y-. The van der Waals surface area contributed by atoms with Gasteiger partial charge in [-0.15, -0.1) is 6.54 Å². The number of unbranched alkanes of at least 4 members (excludes halogenated alkanes) is 22. The summed E-state index contributed by atoms with van der Waals surface area (Å²) >= 11 is 0. The third-order valence-electron chi connectivity index (χ3n) is 9.65. The van der Waals surface area contributed by atoms with E-state index < -0.39 is 0 Å². The van der Waals surface area contributed by atoms with Gasteiger partial charge in [0.25, 0.3) is 0 Å². The number of methoxy groups -OCH3 is 2. The predicted octanol–water partition coefficient (Wildman–Crippen LogP) is 13.1. The summed E-state index contributed by atoms with van der Waals surface area (Å²) in [4.78, 5) is 12.9. The molecule has 1 radical (unpaired) electrons. The van der Waals surface area contributed by atoms with Crippen molar-refractivity contribution in [1.29, 1.82) is 0 Å². The molecule has 0 aromatic heterocycles. The molecule has 0 fully saturated rings. The van der Waals surface area contributed by atoms with Crippen molar-refractivity contribution < 1.29 is 71.3 Å². The standard InChI is InChI=1S/C32H66O3.C10H22NO2.C3H6O3.Y/c1-4-6-8-10-12-14-16-18-20-22-24-26-28-34-31-32(30-33-3)35-29-27-25-23-21-19-17-15-13-11-9-7-5-2;1-9(2,12-5)6-7-13-10(3,4)8-11;4-2-1-3-6-5;/h32H,4-31H2,1-3H3;11H,6-8H2,1-5H3;2,5H,1,3H2;/q;-1;;. The summed E-state index contributed by atoms with van der Waals surface area (Å²) in [6, 6.07) is 0. The molecule has 9 nitrogen and oxygen atoms in total. The van der Waals surface area contributed by atoms with Crippen LogP contribution < -0.4 is 0 Å². The van der Waals surface area contributed by atoms with Crippen molar-refractivity contribution in [2.45, 2.75) is 226 Å². The van der Waals surface area contributed by atoms with Crippen LogP contribution in [0, 0.1) is 0 Å². The zero-order valence-electron chi connectivity index (χ0n) is 37.9. The van der Waals surface area contributed by atoms with Gasteiger partial charge in [0.05, 0.1) is 25.4 Å². The second-order valence-corrected chi connectivity index (χ2v) is 16.1. The molecule has 55 heavy (non-hydrogen) atoms. The molecule has 0 saturated carbocycles. The molecule has 0 saturated heterocycles. The van der Waals surface area contributed by atoms with Crippen molar-refractivity contribution in [3.8, 4) is 0 Å². The van der Waals surface area contributed by atoms with E-state index in [9.17, 15) is 4.79 Å². The smallest absolute Gasteiger partial charge is 0.122 e. The number of hydrogen-bond acceptors (Lipinski definition) is 8. The largest absolute Gasteiger partial charge is 0.675 e. The minimum Gasteiger partial charge on any atom is -0.675 e. The van der Waals surface area contributed by atoms with Gasteiger partial charge < -0.3 is 34.2 Å². The van der Waals surface area contributed by atoms with Crippen molar-refractivity contribution in [1.82, 2.24) is 0 Å². The fraction of sp³-hybridized carbons (Fsp3) is 0.978. The number of carbonyl (C=O) groups excluding carboxylic acids is 1. The Bertz CT molecular complexity index is 686. The Kier molecular flexibility index (Phi) is 57.1. The molecule has 0 aliphatic rings. The molecular weight excluding hydrogens is 771 g/mol. The number of aldehydes is 1. The zero-order valence-corrected chi connectivity index (χ0v) is 40.7. The van der Waals surface area contributed by atoms with Gasteiger partial charge in [0.2, 0.25) is 0 Å². The van der Waals surface area contributed by atoms with Crippen LogP contribution in [0.25, 0.3) is 5.73 Å². The van der Waals surface area contributed by atoms with E-state index >= 15 is 0 Å². The summed E-state index contributed by atoms with van der Waals surface area (Å²) in [5.74, 6) is 0. The van der Waals surface area contributed by atoms with E-state index in [1.807, 2.05) is 27.7 Å². The molecule has 1 atom stereocenters. The van der Waals surface area contributed by atoms with Crippen LogP contribution in [0.1, 0.15) is 208 Å². The first kappa shape index (κ1) is 62.1. The third kappa shape index (κ3) is 56.6. The Labute approximate surface area is 367 Å². The van der Waals surface area contributed by atoms with Crippen LogP contribution in [-0.2, 0) is 66.1 Å². The molecule has 0 aliphatic heterocycles. The van der Waals surface area contributed by atoms with Crippen molar-refractivity contribution in [2.75, 3.05) is 60.4 Å². The molecule has 0 aromatic carbocycles. The Balaban J connectivity index is -0.000000532. The van der Waals surface area contributed by atoms with Crippen LogP contribution in [0.15, 0.2) is 0 Å². The van der Waals surface area contributed by atoms with Crippen molar-refractivity contribution in [2.24, 2.45) is 0 Å². The maximum Gasteiger partial charge on any atom is 0.122 e. The summed E-state index contributed by atoms with van der Waals surface area (Å²) in [6.45, 7) is 16.5. The normalized spacial score (nSPS) is 12.0. The number of rotatable bonds is 40. The van der Waals surface area contributed by atoms with E-state index in [0.29, 0.717) is 32.7 Å². The average Bonchev–Trinajstić information content (AvgIpc) is 3.16. The van der Waals surface area contributed by atoms with E-state index in [1.54, 1.807) is 14.2 Å². The van der Waals surface area contributed by atoms with Crippen molar-refractivity contribution >= 4 is 6.29 Å². The van der Waals surface area contributed by atoms with Gasteiger partial charge in [-0.2, -0.15) is 0 Å². The minimum atomic E-state index is -0.330. The number of ether oxygens (including phenoxy) is 5. The first-order valence-corrected chi connectivity index (χ1v) is 22.3. The molecule has 0 aromatic rings. The molecule has 2 N–H and O–H groups in total. The molecule has 0 heterocycles. The SMILES string of the molecule is CCCCCCCCCCCCCCOCC(COC)OCCCCCCCCCCCCCC.COC(C)(C)CCOC(C)(C)C[NH-].O=CCCOO.[Y]. The Morgan fingerprint density at radius 3 is 1.35 bits per heavy atom. The maximum atomic E-state index is 9.37. The zero-order chi connectivity index (χ0) is 40.9. The fourth-order valence-electron chi connectivity index (χ4n) is 5.61. The van der Waals surface area contributed by atoms with Gasteiger partial charge in [-0.1, -0.05) is 155 Å². The van der Waals surface area contributed by atoms with Gasteiger partial charge in [0.15, 0.2) is 0 Å². The molecule has 0 aliphatic carbocycles. The van der Waals surface area contributed by atoms with Gasteiger partial charge in [-0.05, 0) is 47.0 Å². The van der Waals surface area contributed by atoms with E-state index in [1.165, 1.54) is 148 Å². The first-order chi connectivity index (χ1) is 26.1. The van der Waals surface area contributed by atoms with E-state index in [2.05, 4.69) is 18.7 Å². The van der Waals surface area contributed by atoms with Crippen LogP contribution in [0.5, 0.6) is 0 Å². The molecule has 331 valence electrons. The number of hydrogen-bond donors (Lipinski definition) is 1. The summed E-state index contributed by atoms with van der Waals surface area (Å²) in [5.41, 5.74) is 6.77. The number of carbonyl (C=O) groups is 1. The van der Waals surface area contributed by atoms with Crippen molar-refractivity contribution in [3.63, 3.8) is 0 Å². The van der Waals surface area contributed by atoms with Gasteiger partial charge >= 0.3 is 0 Å². The van der Waals surface area contributed by atoms with Crippen LogP contribution in [-0.4, -0.2) is 89.3 Å². The van der Waals surface area contributed by atoms with Gasteiger partial charge in [0.1, 0.15) is 12.4 Å². The van der Waals surface area contributed by atoms with Gasteiger partial charge in [-0.3, -0.25) is 5.26 Å². The summed E-state index contributed by atoms with van der Waals surface area (Å²) in [5, 5.41) is 7.54. The average molecular weight is 866 g/mol. The van der Waals surface area contributed by atoms with E-state index in [4.69, 9.17) is 34.7 Å².